The average molecular weight is 223 g/mol. The number of hydrogen-bond acceptors (Lipinski definition) is 3. The monoisotopic (exact) mass is 223 g/mol. The molecule has 0 aliphatic carbocycles. The molecule has 0 saturated heterocycles. The number of aliphatic hydroxyl groups excluding tert-OH is 1. The largest absolute Gasteiger partial charge is 0.508 e. The van der Waals surface area contributed by atoms with Crippen molar-refractivity contribution in [2.45, 2.75) is 25.9 Å². The SMILES string of the molecule is CC(O)CCCNC(=O)c1ccc(O)cc1. The highest BCUT2D eigenvalue weighted by Gasteiger charge is 2.04. The summed E-state index contributed by atoms with van der Waals surface area (Å²) in [4.78, 5) is 11.5. The van der Waals surface area contributed by atoms with Crippen molar-refractivity contribution in [3.63, 3.8) is 0 Å². The number of carbonyl (C=O) groups excluding carboxylic acids is 1. The number of aliphatic hydroxyl groups is 1. The lowest BCUT2D eigenvalue weighted by Crippen LogP contribution is -2.24. The van der Waals surface area contributed by atoms with Gasteiger partial charge < -0.3 is 15.5 Å². The van der Waals surface area contributed by atoms with Crippen LogP contribution in [0.2, 0.25) is 0 Å². The Morgan fingerprint density at radius 2 is 2.00 bits per heavy atom. The van der Waals surface area contributed by atoms with Crippen molar-refractivity contribution >= 4 is 5.91 Å². The highest BCUT2D eigenvalue weighted by molar-refractivity contribution is 5.94. The number of phenols is 1. The van der Waals surface area contributed by atoms with Gasteiger partial charge >= 0.3 is 0 Å². The van der Waals surface area contributed by atoms with Gasteiger partial charge in [0.1, 0.15) is 5.75 Å². The van der Waals surface area contributed by atoms with E-state index in [0.29, 0.717) is 18.5 Å². The highest BCUT2D eigenvalue weighted by Crippen LogP contribution is 2.09. The number of benzene rings is 1. The summed E-state index contributed by atoms with van der Waals surface area (Å²) in [7, 11) is 0. The van der Waals surface area contributed by atoms with Gasteiger partial charge in [-0.15, -0.1) is 0 Å². The molecular formula is C12H17NO3. The summed E-state index contributed by atoms with van der Waals surface area (Å²) in [6.07, 6.45) is 1.10. The molecule has 1 amide bonds. The summed E-state index contributed by atoms with van der Waals surface area (Å²) in [6, 6.07) is 6.09. The van der Waals surface area contributed by atoms with Gasteiger partial charge in [0.25, 0.3) is 5.91 Å². The van der Waals surface area contributed by atoms with Gasteiger partial charge in [0.2, 0.25) is 0 Å². The Hall–Kier alpha value is -1.55. The molecule has 4 nitrogen and oxygen atoms in total. The molecule has 16 heavy (non-hydrogen) atoms. The topological polar surface area (TPSA) is 69.6 Å². The zero-order valence-corrected chi connectivity index (χ0v) is 9.31. The molecule has 0 bridgehead atoms. The first kappa shape index (κ1) is 12.5. The van der Waals surface area contributed by atoms with Crippen LogP contribution in [0.25, 0.3) is 0 Å². The molecule has 1 aromatic carbocycles. The number of amides is 1. The van der Waals surface area contributed by atoms with Gasteiger partial charge in [0.05, 0.1) is 6.10 Å². The van der Waals surface area contributed by atoms with E-state index in [1.54, 1.807) is 19.1 Å². The van der Waals surface area contributed by atoms with Crippen LogP contribution in [0.1, 0.15) is 30.1 Å². The zero-order chi connectivity index (χ0) is 12.0. The van der Waals surface area contributed by atoms with Crippen LogP contribution in [0.3, 0.4) is 0 Å². The molecule has 0 aromatic heterocycles. The Bertz CT molecular complexity index is 333. The first-order valence-electron chi connectivity index (χ1n) is 5.35. The Labute approximate surface area is 94.9 Å². The van der Waals surface area contributed by atoms with E-state index in [1.165, 1.54) is 12.1 Å². The van der Waals surface area contributed by atoms with Gasteiger partial charge in [-0.2, -0.15) is 0 Å². The van der Waals surface area contributed by atoms with E-state index in [2.05, 4.69) is 5.32 Å². The van der Waals surface area contributed by atoms with Gasteiger partial charge in [0.15, 0.2) is 0 Å². The Balaban J connectivity index is 2.32. The van der Waals surface area contributed by atoms with E-state index in [-0.39, 0.29) is 17.8 Å². The normalized spacial score (nSPS) is 12.1. The minimum atomic E-state index is -0.328. The molecule has 1 rings (SSSR count). The van der Waals surface area contributed by atoms with Gasteiger partial charge in [-0.05, 0) is 44.0 Å². The number of rotatable bonds is 5. The van der Waals surface area contributed by atoms with Crippen molar-refractivity contribution in [2.24, 2.45) is 0 Å². The van der Waals surface area contributed by atoms with Crippen molar-refractivity contribution in [1.82, 2.24) is 5.32 Å². The fourth-order valence-corrected chi connectivity index (χ4v) is 1.31. The third kappa shape index (κ3) is 4.31. The lowest BCUT2D eigenvalue weighted by molar-refractivity contribution is 0.0949. The van der Waals surface area contributed by atoms with E-state index in [9.17, 15) is 4.79 Å². The quantitative estimate of drug-likeness (QED) is 0.659. The molecule has 1 atom stereocenters. The molecule has 0 saturated carbocycles. The van der Waals surface area contributed by atoms with Gasteiger partial charge in [0, 0.05) is 12.1 Å². The lowest BCUT2D eigenvalue weighted by Gasteiger charge is -2.06. The van der Waals surface area contributed by atoms with Crippen LogP contribution >= 0.6 is 0 Å². The molecule has 0 heterocycles. The second-order valence-electron chi connectivity index (χ2n) is 3.79. The number of hydrogen-bond donors (Lipinski definition) is 3. The van der Waals surface area contributed by atoms with Gasteiger partial charge in [-0.1, -0.05) is 0 Å². The Morgan fingerprint density at radius 3 is 2.56 bits per heavy atom. The third-order valence-corrected chi connectivity index (χ3v) is 2.21. The van der Waals surface area contributed by atoms with E-state index in [4.69, 9.17) is 10.2 Å². The third-order valence-electron chi connectivity index (χ3n) is 2.21. The maximum absolute atomic E-state index is 11.5. The smallest absolute Gasteiger partial charge is 0.251 e. The molecule has 4 heteroatoms. The fourth-order valence-electron chi connectivity index (χ4n) is 1.31. The van der Waals surface area contributed by atoms with Gasteiger partial charge in [-0.3, -0.25) is 4.79 Å². The predicted octanol–water partition coefficient (Wildman–Crippen LogP) is 1.28. The second kappa shape index (κ2) is 6.12. The molecule has 0 fully saturated rings. The summed E-state index contributed by atoms with van der Waals surface area (Å²) in [6.45, 7) is 2.27. The molecule has 0 spiro atoms. The first-order chi connectivity index (χ1) is 7.59. The maximum Gasteiger partial charge on any atom is 0.251 e. The van der Waals surface area contributed by atoms with E-state index < -0.39 is 0 Å². The Morgan fingerprint density at radius 1 is 1.38 bits per heavy atom. The van der Waals surface area contributed by atoms with Crippen LogP contribution in [-0.2, 0) is 0 Å². The first-order valence-corrected chi connectivity index (χ1v) is 5.35. The minimum Gasteiger partial charge on any atom is -0.508 e. The predicted molar refractivity (Wildman–Crippen MR) is 61.4 cm³/mol. The summed E-state index contributed by atoms with van der Waals surface area (Å²) >= 11 is 0. The molecular weight excluding hydrogens is 206 g/mol. The summed E-state index contributed by atoms with van der Waals surface area (Å²) in [5, 5.41) is 20.8. The molecule has 0 aliphatic rings. The van der Waals surface area contributed by atoms with E-state index >= 15 is 0 Å². The van der Waals surface area contributed by atoms with E-state index in [0.717, 1.165) is 6.42 Å². The molecule has 3 N–H and O–H groups in total. The van der Waals surface area contributed by atoms with Crippen molar-refractivity contribution < 1.29 is 15.0 Å². The minimum absolute atomic E-state index is 0.144. The van der Waals surface area contributed by atoms with Crippen LogP contribution in [0.15, 0.2) is 24.3 Å². The molecule has 0 aliphatic heterocycles. The number of carbonyl (C=O) groups is 1. The zero-order valence-electron chi connectivity index (χ0n) is 9.31. The second-order valence-corrected chi connectivity index (χ2v) is 3.79. The van der Waals surface area contributed by atoms with Crippen molar-refractivity contribution in [1.29, 1.82) is 0 Å². The summed E-state index contributed by atoms with van der Waals surface area (Å²) in [5.74, 6) is -0.0174. The standard InChI is InChI=1S/C12H17NO3/c1-9(14)3-2-8-13-12(16)10-4-6-11(15)7-5-10/h4-7,9,14-15H,2-3,8H2,1H3,(H,13,16). The van der Waals surface area contributed by atoms with E-state index in [1.807, 2.05) is 0 Å². The molecule has 0 radical (unpaired) electrons. The van der Waals surface area contributed by atoms with Crippen LogP contribution in [0, 0.1) is 0 Å². The fraction of sp³-hybridized carbons (Fsp3) is 0.417. The van der Waals surface area contributed by atoms with Crippen molar-refractivity contribution in [2.75, 3.05) is 6.54 Å². The van der Waals surface area contributed by atoms with Crippen molar-refractivity contribution in [3.8, 4) is 5.75 Å². The van der Waals surface area contributed by atoms with Gasteiger partial charge in [-0.25, -0.2) is 0 Å². The lowest BCUT2D eigenvalue weighted by atomic mass is 10.2. The average Bonchev–Trinajstić information content (AvgIpc) is 2.25. The number of nitrogens with one attached hydrogen (secondary N) is 1. The summed E-state index contributed by atoms with van der Waals surface area (Å²) in [5.41, 5.74) is 0.523. The Kier molecular flexibility index (Phi) is 4.79. The van der Waals surface area contributed by atoms with Crippen molar-refractivity contribution in [3.05, 3.63) is 29.8 Å². The maximum atomic E-state index is 11.5. The van der Waals surface area contributed by atoms with Crippen LogP contribution < -0.4 is 5.32 Å². The molecule has 88 valence electrons. The van der Waals surface area contributed by atoms with Crippen LogP contribution in [-0.4, -0.2) is 28.8 Å². The molecule has 1 unspecified atom stereocenters. The van der Waals surface area contributed by atoms with Crippen LogP contribution in [0.5, 0.6) is 5.75 Å². The van der Waals surface area contributed by atoms with Crippen LogP contribution in [0.4, 0.5) is 0 Å². The highest BCUT2D eigenvalue weighted by atomic mass is 16.3. The summed E-state index contributed by atoms with van der Waals surface area (Å²) < 4.78 is 0. The number of aromatic hydroxyl groups is 1. The molecule has 1 aromatic rings. The number of phenolic OH excluding ortho intramolecular Hbond substituents is 1.